The number of carbonyl (C=O) groups excluding carboxylic acids is 1. The Kier molecular flexibility index (Phi) is 5.18. The summed E-state index contributed by atoms with van der Waals surface area (Å²) in [5, 5.41) is 12.6. The molecular weight excluding hydrogens is 322 g/mol. The summed E-state index contributed by atoms with van der Waals surface area (Å²) >= 11 is 1.64. The maximum atomic E-state index is 12.5. The minimum atomic E-state index is -0.0389. The summed E-state index contributed by atoms with van der Waals surface area (Å²) < 4.78 is 2.16. The molecule has 128 valence electrons. The van der Waals surface area contributed by atoms with Crippen molar-refractivity contribution in [3.63, 3.8) is 0 Å². The molecule has 1 aliphatic rings. The van der Waals surface area contributed by atoms with Crippen LogP contribution in [-0.4, -0.2) is 37.5 Å². The van der Waals surface area contributed by atoms with Crippen LogP contribution in [0.3, 0.4) is 0 Å². The summed E-state index contributed by atoms with van der Waals surface area (Å²) in [7, 11) is 0. The molecule has 0 bridgehead atoms. The zero-order valence-corrected chi connectivity index (χ0v) is 15.1. The van der Waals surface area contributed by atoms with Crippen molar-refractivity contribution in [1.29, 1.82) is 0 Å². The summed E-state index contributed by atoms with van der Waals surface area (Å²) in [5.74, 6) is 3.25. The molecule has 1 aliphatic heterocycles. The van der Waals surface area contributed by atoms with Crippen molar-refractivity contribution < 1.29 is 4.79 Å². The van der Waals surface area contributed by atoms with Gasteiger partial charge < -0.3 is 9.88 Å². The van der Waals surface area contributed by atoms with Crippen LogP contribution < -0.4 is 5.32 Å². The Morgan fingerprint density at radius 1 is 1.46 bits per heavy atom. The number of thioether (sulfide) groups is 1. The third kappa shape index (κ3) is 3.61. The molecule has 0 fully saturated rings. The second-order valence-electron chi connectivity index (χ2n) is 6.26. The van der Waals surface area contributed by atoms with Crippen molar-refractivity contribution >= 4 is 17.7 Å². The number of hydrogen-bond donors (Lipinski definition) is 1. The summed E-state index contributed by atoms with van der Waals surface area (Å²) in [6.45, 7) is 7.04. The molecule has 7 heteroatoms. The van der Waals surface area contributed by atoms with Crippen molar-refractivity contribution in [3.05, 3.63) is 35.5 Å². The fraction of sp³-hybridized carbons (Fsp3) is 0.529. The van der Waals surface area contributed by atoms with Gasteiger partial charge in [0.05, 0.1) is 5.03 Å². The number of aromatic nitrogens is 4. The lowest BCUT2D eigenvalue weighted by atomic mass is 10.1. The number of aryl methyl sites for hydroxylation is 1. The highest BCUT2D eigenvalue weighted by atomic mass is 32.2. The molecule has 3 rings (SSSR count). The van der Waals surface area contributed by atoms with Crippen LogP contribution in [0.15, 0.2) is 23.4 Å². The number of pyridine rings is 1. The number of amides is 1. The van der Waals surface area contributed by atoms with Gasteiger partial charge in [0.15, 0.2) is 0 Å². The molecule has 2 aromatic rings. The van der Waals surface area contributed by atoms with Gasteiger partial charge in [-0.2, -0.15) is 0 Å². The van der Waals surface area contributed by atoms with Gasteiger partial charge in [0, 0.05) is 36.7 Å². The average Bonchev–Trinajstić information content (AvgIpc) is 2.99. The van der Waals surface area contributed by atoms with Crippen LogP contribution in [-0.2, 0) is 13.0 Å². The minimum Gasteiger partial charge on any atom is -0.347 e. The lowest BCUT2D eigenvalue weighted by molar-refractivity contribution is 0.0927. The van der Waals surface area contributed by atoms with Gasteiger partial charge in [0.2, 0.25) is 0 Å². The molecule has 6 nitrogen and oxygen atoms in total. The number of hydrogen-bond acceptors (Lipinski definition) is 5. The fourth-order valence-electron chi connectivity index (χ4n) is 2.94. The van der Waals surface area contributed by atoms with Crippen LogP contribution in [0.1, 0.15) is 55.1 Å². The molecule has 0 aromatic carbocycles. The zero-order valence-electron chi connectivity index (χ0n) is 14.3. The molecule has 0 radical (unpaired) electrons. The van der Waals surface area contributed by atoms with Gasteiger partial charge >= 0.3 is 0 Å². The Balaban J connectivity index is 1.69. The van der Waals surface area contributed by atoms with E-state index in [1.807, 2.05) is 6.07 Å². The highest BCUT2D eigenvalue weighted by Gasteiger charge is 2.25. The number of fused-ring (bicyclic) bond motifs is 1. The van der Waals surface area contributed by atoms with Gasteiger partial charge in [-0.1, -0.05) is 20.8 Å². The molecule has 1 amide bonds. The standard InChI is InChI=1S/C17H23N5OS/c1-4-24-15-9-12(7-8-18-15)17(23)19-13-5-6-14-20-21-16(11(2)3)22(14)10-13/h7-9,11,13H,4-6,10H2,1-3H3,(H,19,23)/t13-/m1/s1. The first-order valence-corrected chi connectivity index (χ1v) is 9.38. The Morgan fingerprint density at radius 2 is 2.29 bits per heavy atom. The highest BCUT2D eigenvalue weighted by Crippen LogP contribution is 2.21. The SMILES string of the molecule is CCSc1cc(C(=O)N[C@@H]2CCc3nnc(C(C)C)n3C2)ccn1. The summed E-state index contributed by atoms with van der Waals surface area (Å²) in [5.41, 5.74) is 0.666. The predicted octanol–water partition coefficient (Wildman–Crippen LogP) is 2.65. The van der Waals surface area contributed by atoms with E-state index in [0.717, 1.165) is 41.8 Å². The van der Waals surface area contributed by atoms with Gasteiger partial charge in [-0.25, -0.2) is 4.98 Å². The molecule has 0 aliphatic carbocycles. The first-order chi connectivity index (χ1) is 11.6. The summed E-state index contributed by atoms with van der Waals surface area (Å²) in [6.07, 6.45) is 3.43. The third-order valence-corrected chi connectivity index (χ3v) is 4.92. The molecule has 0 saturated heterocycles. The van der Waals surface area contributed by atoms with E-state index in [2.05, 4.69) is 45.8 Å². The summed E-state index contributed by atoms with van der Waals surface area (Å²) in [4.78, 5) is 16.8. The maximum Gasteiger partial charge on any atom is 0.251 e. The number of rotatable bonds is 5. The second kappa shape index (κ2) is 7.34. The van der Waals surface area contributed by atoms with Crippen LogP contribution in [0.2, 0.25) is 0 Å². The van der Waals surface area contributed by atoms with E-state index in [-0.39, 0.29) is 11.9 Å². The van der Waals surface area contributed by atoms with Gasteiger partial charge in [0.1, 0.15) is 11.6 Å². The average molecular weight is 345 g/mol. The Bertz CT molecular complexity index is 728. The molecule has 0 spiro atoms. The number of carbonyl (C=O) groups is 1. The number of nitrogens with one attached hydrogen (secondary N) is 1. The van der Waals surface area contributed by atoms with E-state index in [9.17, 15) is 4.79 Å². The third-order valence-electron chi connectivity index (χ3n) is 4.12. The van der Waals surface area contributed by atoms with Crippen LogP contribution >= 0.6 is 11.8 Å². The molecule has 2 aromatic heterocycles. The van der Waals surface area contributed by atoms with Crippen molar-refractivity contribution in [2.24, 2.45) is 0 Å². The van der Waals surface area contributed by atoms with E-state index >= 15 is 0 Å². The molecular formula is C17H23N5OS. The molecule has 24 heavy (non-hydrogen) atoms. The van der Waals surface area contributed by atoms with Crippen LogP contribution in [0.5, 0.6) is 0 Å². The van der Waals surface area contributed by atoms with Crippen LogP contribution in [0, 0.1) is 0 Å². The predicted molar refractivity (Wildman–Crippen MR) is 94.3 cm³/mol. The van der Waals surface area contributed by atoms with E-state index in [4.69, 9.17) is 0 Å². The van der Waals surface area contributed by atoms with Crippen molar-refractivity contribution in [1.82, 2.24) is 25.1 Å². The van der Waals surface area contributed by atoms with Gasteiger partial charge in [-0.15, -0.1) is 22.0 Å². The van der Waals surface area contributed by atoms with E-state index < -0.39 is 0 Å². The zero-order chi connectivity index (χ0) is 17.1. The minimum absolute atomic E-state index is 0.0389. The van der Waals surface area contributed by atoms with Crippen molar-refractivity contribution in [2.75, 3.05) is 5.75 Å². The largest absolute Gasteiger partial charge is 0.347 e. The maximum absolute atomic E-state index is 12.5. The van der Waals surface area contributed by atoms with E-state index in [1.165, 1.54) is 0 Å². The Morgan fingerprint density at radius 3 is 3.04 bits per heavy atom. The van der Waals surface area contributed by atoms with Crippen molar-refractivity contribution in [2.45, 2.75) is 57.1 Å². The first kappa shape index (κ1) is 17.0. The highest BCUT2D eigenvalue weighted by molar-refractivity contribution is 7.99. The summed E-state index contributed by atoms with van der Waals surface area (Å²) in [6, 6.07) is 3.73. The Labute approximate surface area is 146 Å². The topological polar surface area (TPSA) is 72.7 Å². The molecule has 0 saturated carbocycles. The molecule has 1 atom stereocenters. The lowest BCUT2D eigenvalue weighted by Crippen LogP contribution is -2.41. The van der Waals surface area contributed by atoms with Gasteiger partial charge in [0.25, 0.3) is 5.91 Å². The van der Waals surface area contributed by atoms with Gasteiger partial charge in [-0.05, 0) is 24.3 Å². The number of nitrogens with zero attached hydrogens (tertiary/aromatic N) is 4. The monoisotopic (exact) mass is 345 g/mol. The normalized spacial score (nSPS) is 16.9. The van der Waals surface area contributed by atoms with E-state index in [0.29, 0.717) is 11.5 Å². The first-order valence-electron chi connectivity index (χ1n) is 8.40. The smallest absolute Gasteiger partial charge is 0.251 e. The van der Waals surface area contributed by atoms with Gasteiger partial charge in [-0.3, -0.25) is 4.79 Å². The van der Waals surface area contributed by atoms with Crippen LogP contribution in [0.25, 0.3) is 0 Å². The quantitative estimate of drug-likeness (QED) is 0.844. The van der Waals surface area contributed by atoms with Crippen LogP contribution in [0.4, 0.5) is 0 Å². The van der Waals surface area contributed by atoms with E-state index in [1.54, 1.807) is 24.0 Å². The fourth-order valence-corrected chi connectivity index (χ4v) is 3.58. The lowest BCUT2D eigenvalue weighted by Gasteiger charge is -2.26. The molecule has 1 N–H and O–H groups in total. The molecule has 0 unspecified atom stereocenters. The van der Waals surface area contributed by atoms with Crippen molar-refractivity contribution in [3.8, 4) is 0 Å². The second-order valence-corrected chi connectivity index (χ2v) is 7.55. The Hall–Kier alpha value is -1.89. The molecule has 3 heterocycles.